The van der Waals surface area contributed by atoms with Crippen molar-refractivity contribution in [2.45, 2.75) is 45.0 Å². The fourth-order valence-corrected chi connectivity index (χ4v) is 2.79. The first-order valence-electron chi connectivity index (χ1n) is 8.47. The summed E-state index contributed by atoms with van der Waals surface area (Å²) in [6, 6.07) is 4.72. The number of amides is 1. The van der Waals surface area contributed by atoms with Crippen molar-refractivity contribution in [1.82, 2.24) is 4.90 Å². The van der Waals surface area contributed by atoms with Crippen molar-refractivity contribution in [2.75, 3.05) is 26.9 Å². The fraction of sp³-hybridized carbons (Fsp3) is 0.611. The van der Waals surface area contributed by atoms with Gasteiger partial charge < -0.3 is 19.1 Å². The zero-order valence-electron chi connectivity index (χ0n) is 15.1. The number of nitrogens with zero attached hydrogens (tertiary/aromatic N) is 1. The first-order valence-corrected chi connectivity index (χ1v) is 8.47. The summed E-state index contributed by atoms with van der Waals surface area (Å²) in [4.78, 5) is 14.3. The molecule has 0 spiro atoms. The maximum atomic E-state index is 12.5. The Kier molecular flexibility index (Phi) is 6.75. The Bertz CT molecular complexity index is 621. The van der Waals surface area contributed by atoms with Gasteiger partial charge in [0.05, 0.1) is 25.9 Å². The molecule has 2 unspecified atom stereocenters. The Morgan fingerprint density at radius 1 is 1.31 bits per heavy atom. The number of rotatable bonds is 6. The van der Waals surface area contributed by atoms with E-state index in [1.54, 1.807) is 12.1 Å². The van der Waals surface area contributed by atoms with Gasteiger partial charge in [0.2, 0.25) is 5.91 Å². The van der Waals surface area contributed by atoms with E-state index in [0.717, 1.165) is 5.56 Å². The van der Waals surface area contributed by atoms with E-state index in [2.05, 4.69) is 0 Å². The normalized spacial score (nSPS) is 20.8. The summed E-state index contributed by atoms with van der Waals surface area (Å²) in [7, 11) is 1.36. The van der Waals surface area contributed by atoms with Crippen LogP contribution in [0.25, 0.3) is 0 Å². The van der Waals surface area contributed by atoms with Crippen LogP contribution in [0.3, 0.4) is 0 Å². The SMILES string of the molecule is COc1cc(CCC(=O)N2CC(C)OCC2C)ccc1OCC(F)(F)F. The first kappa shape index (κ1) is 20.4. The van der Waals surface area contributed by atoms with Crippen LogP contribution in [0.5, 0.6) is 11.5 Å². The van der Waals surface area contributed by atoms with Gasteiger partial charge in [-0.25, -0.2) is 0 Å². The number of morpholine rings is 1. The van der Waals surface area contributed by atoms with Gasteiger partial charge in [0.15, 0.2) is 18.1 Å². The van der Waals surface area contributed by atoms with E-state index in [4.69, 9.17) is 14.2 Å². The highest BCUT2D eigenvalue weighted by atomic mass is 19.4. The molecule has 2 atom stereocenters. The molecule has 1 fully saturated rings. The zero-order chi connectivity index (χ0) is 19.3. The third-order valence-electron chi connectivity index (χ3n) is 4.18. The van der Waals surface area contributed by atoms with Crippen LogP contribution in [0.15, 0.2) is 18.2 Å². The summed E-state index contributed by atoms with van der Waals surface area (Å²) in [5, 5.41) is 0. The molecule has 146 valence electrons. The van der Waals surface area contributed by atoms with Crippen molar-refractivity contribution in [1.29, 1.82) is 0 Å². The number of alkyl halides is 3. The maximum absolute atomic E-state index is 12.5. The minimum atomic E-state index is -4.41. The zero-order valence-corrected chi connectivity index (χ0v) is 15.1. The molecule has 1 amide bonds. The predicted octanol–water partition coefficient (Wildman–Crippen LogP) is 3.20. The van der Waals surface area contributed by atoms with Crippen LogP contribution in [-0.2, 0) is 16.0 Å². The van der Waals surface area contributed by atoms with Gasteiger partial charge >= 0.3 is 6.18 Å². The number of halogens is 3. The lowest BCUT2D eigenvalue weighted by molar-refractivity contribution is -0.153. The van der Waals surface area contributed by atoms with Crippen LogP contribution in [0, 0.1) is 0 Å². The molecule has 1 saturated heterocycles. The van der Waals surface area contributed by atoms with Gasteiger partial charge in [0.25, 0.3) is 0 Å². The van der Waals surface area contributed by atoms with Crippen LogP contribution in [0.2, 0.25) is 0 Å². The molecule has 1 heterocycles. The van der Waals surface area contributed by atoms with Crippen molar-refractivity contribution in [3.05, 3.63) is 23.8 Å². The molecule has 1 aliphatic rings. The number of carbonyl (C=O) groups is 1. The maximum Gasteiger partial charge on any atom is 0.422 e. The van der Waals surface area contributed by atoms with Crippen molar-refractivity contribution >= 4 is 5.91 Å². The van der Waals surface area contributed by atoms with E-state index < -0.39 is 12.8 Å². The molecular formula is C18H24F3NO4. The van der Waals surface area contributed by atoms with E-state index in [1.807, 2.05) is 18.7 Å². The van der Waals surface area contributed by atoms with E-state index in [-0.39, 0.29) is 29.6 Å². The number of methoxy groups -OCH3 is 1. The molecule has 26 heavy (non-hydrogen) atoms. The second-order valence-corrected chi connectivity index (χ2v) is 6.43. The summed E-state index contributed by atoms with van der Waals surface area (Å²) in [6.07, 6.45) is -3.63. The molecule has 1 aromatic carbocycles. The summed E-state index contributed by atoms with van der Waals surface area (Å²) in [5.74, 6) is 0.270. The van der Waals surface area contributed by atoms with E-state index in [0.29, 0.717) is 26.0 Å². The molecule has 0 aromatic heterocycles. The summed E-state index contributed by atoms with van der Waals surface area (Å²) in [6.45, 7) is 3.57. The topological polar surface area (TPSA) is 48.0 Å². The number of benzene rings is 1. The van der Waals surface area contributed by atoms with E-state index >= 15 is 0 Å². The number of hydrogen-bond donors (Lipinski definition) is 0. The van der Waals surface area contributed by atoms with Crippen molar-refractivity contribution < 1.29 is 32.2 Å². The Balaban J connectivity index is 1.95. The van der Waals surface area contributed by atoms with E-state index in [1.165, 1.54) is 13.2 Å². The minimum absolute atomic E-state index is 0.0142. The second-order valence-electron chi connectivity index (χ2n) is 6.43. The van der Waals surface area contributed by atoms with Crippen LogP contribution >= 0.6 is 0 Å². The largest absolute Gasteiger partial charge is 0.493 e. The lowest BCUT2D eigenvalue weighted by atomic mass is 10.1. The Morgan fingerprint density at radius 3 is 2.69 bits per heavy atom. The monoisotopic (exact) mass is 375 g/mol. The summed E-state index contributed by atoms with van der Waals surface area (Å²) in [5.41, 5.74) is 0.795. The standard InChI is InChI=1S/C18H24F3NO4/c1-12-10-25-13(2)9-22(12)17(23)7-5-14-4-6-15(16(8-14)24-3)26-11-18(19,20)21/h4,6,8,12-13H,5,7,9-11H2,1-3H3. The Morgan fingerprint density at radius 2 is 2.04 bits per heavy atom. The van der Waals surface area contributed by atoms with Gasteiger partial charge in [-0.2, -0.15) is 13.2 Å². The van der Waals surface area contributed by atoms with Gasteiger partial charge in [0.1, 0.15) is 0 Å². The van der Waals surface area contributed by atoms with Gasteiger partial charge in [-0.15, -0.1) is 0 Å². The van der Waals surface area contributed by atoms with Crippen molar-refractivity contribution in [3.8, 4) is 11.5 Å². The Hall–Kier alpha value is -1.96. The highest BCUT2D eigenvalue weighted by molar-refractivity contribution is 5.77. The number of hydrogen-bond acceptors (Lipinski definition) is 4. The average molecular weight is 375 g/mol. The molecule has 0 radical (unpaired) electrons. The number of ether oxygens (including phenoxy) is 3. The third kappa shape index (κ3) is 5.79. The molecule has 1 aromatic rings. The van der Waals surface area contributed by atoms with E-state index in [9.17, 15) is 18.0 Å². The number of aryl methyl sites for hydroxylation is 1. The van der Waals surface area contributed by atoms with Gasteiger partial charge in [-0.05, 0) is 38.0 Å². The molecular weight excluding hydrogens is 351 g/mol. The quantitative estimate of drug-likeness (QED) is 0.766. The van der Waals surface area contributed by atoms with Crippen molar-refractivity contribution in [3.63, 3.8) is 0 Å². The molecule has 8 heteroatoms. The average Bonchev–Trinajstić information content (AvgIpc) is 2.59. The molecule has 0 N–H and O–H groups in total. The molecule has 2 rings (SSSR count). The lowest BCUT2D eigenvalue weighted by Gasteiger charge is -2.37. The molecule has 0 saturated carbocycles. The van der Waals surface area contributed by atoms with Crippen LogP contribution in [0.1, 0.15) is 25.8 Å². The van der Waals surface area contributed by atoms with Crippen LogP contribution in [0.4, 0.5) is 13.2 Å². The summed E-state index contributed by atoms with van der Waals surface area (Å²) < 4.78 is 52.2. The molecule has 1 aliphatic heterocycles. The van der Waals surface area contributed by atoms with Gasteiger partial charge in [-0.3, -0.25) is 4.79 Å². The number of carbonyl (C=O) groups excluding carboxylic acids is 1. The fourth-order valence-electron chi connectivity index (χ4n) is 2.79. The minimum Gasteiger partial charge on any atom is -0.493 e. The van der Waals surface area contributed by atoms with Crippen LogP contribution < -0.4 is 9.47 Å². The molecule has 0 aliphatic carbocycles. The highest BCUT2D eigenvalue weighted by Gasteiger charge is 2.29. The lowest BCUT2D eigenvalue weighted by Crippen LogP contribution is -2.50. The molecule has 5 nitrogen and oxygen atoms in total. The first-order chi connectivity index (χ1) is 12.2. The van der Waals surface area contributed by atoms with Gasteiger partial charge in [-0.1, -0.05) is 6.07 Å². The Labute approximate surface area is 151 Å². The van der Waals surface area contributed by atoms with Crippen LogP contribution in [-0.4, -0.2) is 56.0 Å². The second kappa shape index (κ2) is 8.62. The molecule has 0 bridgehead atoms. The van der Waals surface area contributed by atoms with Gasteiger partial charge in [0, 0.05) is 13.0 Å². The predicted molar refractivity (Wildman–Crippen MR) is 89.5 cm³/mol. The smallest absolute Gasteiger partial charge is 0.422 e. The third-order valence-corrected chi connectivity index (χ3v) is 4.18. The highest BCUT2D eigenvalue weighted by Crippen LogP contribution is 2.30. The summed E-state index contributed by atoms with van der Waals surface area (Å²) >= 11 is 0. The van der Waals surface area contributed by atoms with Crippen molar-refractivity contribution in [2.24, 2.45) is 0 Å².